The standard InChI is InChI=1S/C19H25N5O2/c1-14(2)12-24-13-16(10-17(24)25)19(26)23-8-6-22(7-9-23)18-15(11-20)4-3-5-21-18/h3-5,14,16H,6-10,12-13H2,1-2H3/t16-/m0/s1. The van der Waals surface area contributed by atoms with Crippen LogP contribution in [-0.2, 0) is 9.59 Å². The first-order valence-electron chi connectivity index (χ1n) is 9.16. The Morgan fingerprint density at radius 1 is 1.35 bits per heavy atom. The maximum Gasteiger partial charge on any atom is 0.228 e. The van der Waals surface area contributed by atoms with Gasteiger partial charge in [0.25, 0.3) is 0 Å². The summed E-state index contributed by atoms with van der Waals surface area (Å²) in [6, 6.07) is 5.68. The summed E-state index contributed by atoms with van der Waals surface area (Å²) in [7, 11) is 0. The van der Waals surface area contributed by atoms with Crippen molar-refractivity contribution in [3.05, 3.63) is 23.9 Å². The minimum absolute atomic E-state index is 0.0748. The van der Waals surface area contributed by atoms with Crippen LogP contribution in [0.4, 0.5) is 5.82 Å². The van der Waals surface area contributed by atoms with Gasteiger partial charge >= 0.3 is 0 Å². The highest BCUT2D eigenvalue weighted by molar-refractivity contribution is 5.89. The summed E-state index contributed by atoms with van der Waals surface area (Å²) in [6.45, 7) is 7.89. The summed E-state index contributed by atoms with van der Waals surface area (Å²) in [4.78, 5) is 35.0. The average molecular weight is 355 g/mol. The predicted molar refractivity (Wildman–Crippen MR) is 97.3 cm³/mol. The Morgan fingerprint density at radius 3 is 2.73 bits per heavy atom. The second kappa shape index (κ2) is 7.73. The van der Waals surface area contributed by atoms with Crippen molar-refractivity contribution < 1.29 is 9.59 Å². The summed E-state index contributed by atoms with van der Waals surface area (Å²) in [5.74, 6) is 1.02. The molecule has 1 atom stereocenters. The smallest absolute Gasteiger partial charge is 0.228 e. The molecular formula is C19H25N5O2. The highest BCUT2D eigenvalue weighted by atomic mass is 16.2. The fourth-order valence-corrected chi connectivity index (χ4v) is 3.69. The third-order valence-electron chi connectivity index (χ3n) is 4.95. The van der Waals surface area contributed by atoms with Crippen LogP contribution >= 0.6 is 0 Å². The Kier molecular flexibility index (Phi) is 5.40. The van der Waals surface area contributed by atoms with Gasteiger partial charge in [-0.1, -0.05) is 13.8 Å². The number of likely N-dealkylation sites (tertiary alicyclic amines) is 1. The molecule has 7 nitrogen and oxygen atoms in total. The Labute approximate surface area is 154 Å². The van der Waals surface area contributed by atoms with Crippen molar-refractivity contribution in [2.75, 3.05) is 44.2 Å². The van der Waals surface area contributed by atoms with E-state index in [1.807, 2.05) is 14.7 Å². The van der Waals surface area contributed by atoms with E-state index in [9.17, 15) is 14.9 Å². The van der Waals surface area contributed by atoms with Crippen LogP contribution in [0.5, 0.6) is 0 Å². The fourth-order valence-electron chi connectivity index (χ4n) is 3.69. The van der Waals surface area contributed by atoms with Gasteiger partial charge in [0.2, 0.25) is 11.8 Å². The van der Waals surface area contributed by atoms with Crippen LogP contribution in [-0.4, -0.2) is 65.9 Å². The molecule has 26 heavy (non-hydrogen) atoms. The van der Waals surface area contributed by atoms with E-state index in [0.29, 0.717) is 63.0 Å². The van der Waals surface area contributed by atoms with Gasteiger partial charge in [0.1, 0.15) is 11.9 Å². The number of aromatic nitrogens is 1. The Hall–Kier alpha value is -2.62. The quantitative estimate of drug-likeness (QED) is 0.808. The lowest BCUT2D eigenvalue weighted by molar-refractivity contribution is -0.136. The number of hydrogen-bond donors (Lipinski definition) is 0. The van der Waals surface area contributed by atoms with Crippen molar-refractivity contribution in [2.24, 2.45) is 11.8 Å². The molecule has 0 spiro atoms. The Balaban J connectivity index is 1.58. The second-order valence-electron chi connectivity index (χ2n) is 7.39. The lowest BCUT2D eigenvalue weighted by Gasteiger charge is -2.36. The molecule has 2 fully saturated rings. The van der Waals surface area contributed by atoms with E-state index >= 15 is 0 Å². The number of hydrogen-bond acceptors (Lipinski definition) is 5. The van der Waals surface area contributed by atoms with E-state index in [2.05, 4.69) is 24.9 Å². The summed E-state index contributed by atoms with van der Waals surface area (Å²) in [5.41, 5.74) is 0.554. The molecule has 2 aliphatic rings. The lowest BCUT2D eigenvalue weighted by Crippen LogP contribution is -2.51. The molecule has 2 amide bonds. The molecular weight excluding hydrogens is 330 g/mol. The van der Waals surface area contributed by atoms with Gasteiger partial charge in [-0.15, -0.1) is 0 Å². The molecule has 0 bridgehead atoms. The van der Waals surface area contributed by atoms with E-state index in [-0.39, 0.29) is 17.7 Å². The zero-order valence-corrected chi connectivity index (χ0v) is 15.4. The number of nitrogens with zero attached hydrogens (tertiary/aromatic N) is 5. The number of rotatable bonds is 4. The normalized spacial score (nSPS) is 20.6. The molecule has 3 heterocycles. The number of carbonyl (C=O) groups is 2. The molecule has 0 unspecified atom stereocenters. The monoisotopic (exact) mass is 355 g/mol. The molecule has 1 aromatic heterocycles. The van der Waals surface area contributed by atoms with Crippen molar-refractivity contribution in [2.45, 2.75) is 20.3 Å². The second-order valence-corrected chi connectivity index (χ2v) is 7.39. The number of piperazine rings is 1. The van der Waals surface area contributed by atoms with E-state index in [0.717, 1.165) is 0 Å². The Morgan fingerprint density at radius 2 is 2.08 bits per heavy atom. The number of amides is 2. The molecule has 0 aromatic carbocycles. The molecule has 0 radical (unpaired) electrons. The van der Waals surface area contributed by atoms with Gasteiger partial charge in [-0.05, 0) is 18.1 Å². The first-order chi connectivity index (χ1) is 12.5. The third-order valence-corrected chi connectivity index (χ3v) is 4.95. The van der Waals surface area contributed by atoms with Gasteiger partial charge in [-0.25, -0.2) is 4.98 Å². The van der Waals surface area contributed by atoms with Crippen LogP contribution in [0.2, 0.25) is 0 Å². The van der Waals surface area contributed by atoms with Crippen LogP contribution in [0.25, 0.3) is 0 Å². The van der Waals surface area contributed by atoms with Gasteiger partial charge in [-0.2, -0.15) is 5.26 Å². The number of anilines is 1. The molecule has 3 rings (SSSR count). The van der Waals surface area contributed by atoms with Crippen molar-refractivity contribution in [1.29, 1.82) is 5.26 Å². The zero-order chi connectivity index (χ0) is 18.7. The molecule has 1 aromatic rings. The summed E-state index contributed by atoms with van der Waals surface area (Å²) < 4.78 is 0. The molecule has 0 saturated carbocycles. The van der Waals surface area contributed by atoms with Crippen LogP contribution in [0.15, 0.2) is 18.3 Å². The van der Waals surface area contributed by atoms with Gasteiger partial charge in [0.15, 0.2) is 0 Å². The van der Waals surface area contributed by atoms with Gasteiger partial charge < -0.3 is 14.7 Å². The van der Waals surface area contributed by atoms with Crippen LogP contribution in [0.1, 0.15) is 25.8 Å². The maximum atomic E-state index is 12.8. The van der Waals surface area contributed by atoms with E-state index in [4.69, 9.17) is 0 Å². The van der Waals surface area contributed by atoms with Gasteiger partial charge in [-0.3, -0.25) is 9.59 Å². The molecule has 138 valence electrons. The van der Waals surface area contributed by atoms with Crippen LogP contribution in [0.3, 0.4) is 0 Å². The first kappa shape index (κ1) is 18.2. The van der Waals surface area contributed by atoms with Crippen molar-refractivity contribution >= 4 is 17.6 Å². The molecule has 2 aliphatic heterocycles. The van der Waals surface area contributed by atoms with Crippen molar-refractivity contribution in [3.63, 3.8) is 0 Å². The van der Waals surface area contributed by atoms with E-state index < -0.39 is 0 Å². The van der Waals surface area contributed by atoms with Gasteiger partial charge in [0.05, 0.1) is 11.5 Å². The SMILES string of the molecule is CC(C)CN1C[C@@H](C(=O)N2CCN(c3ncccc3C#N)CC2)CC1=O. The average Bonchev–Trinajstić information content (AvgIpc) is 3.01. The highest BCUT2D eigenvalue weighted by Crippen LogP contribution is 2.23. The minimum atomic E-state index is -0.225. The lowest BCUT2D eigenvalue weighted by atomic mass is 10.1. The molecule has 0 N–H and O–H groups in total. The van der Waals surface area contributed by atoms with Crippen LogP contribution in [0, 0.1) is 23.2 Å². The largest absolute Gasteiger partial charge is 0.352 e. The third kappa shape index (κ3) is 3.79. The summed E-state index contributed by atoms with van der Waals surface area (Å²) in [6.07, 6.45) is 2.01. The number of nitriles is 1. The summed E-state index contributed by atoms with van der Waals surface area (Å²) in [5, 5.41) is 9.23. The fraction of sp³-hybridized carbons (Fsp3) is 0.579. The molecule has 0 aliphatic carbocycles. The Bertz CT molecular complexity index is 719. The summed E-state index contributed by atoms with van der Waals surface area (Å²) >= 11 is 0. The minimum Gasteiger partial charge on any atom is -0.352 e. The molecule has 2 saturated heterocycles. The van der Waals surface area contributed by atoms with Crippen molar-refractivity contribution in [1.82, 2.24) is 14.8 Å². The van der Waals surface area contributed by atoms with E-state index in [1.54, 1.807) is 18.3 Å². The maximum absolute atomic E-state index is 12.8. The van der Waals surface area contributed by atoms with Crippen molar-refractivity contribution in [3.8, 4) is 6.07 Å². The first-order valence-corrected chi connectivity index (χ1v) is 9.16. The highest BCUT2D eigenvalue weighted by Gasteiger charge is 2.37. The number of carbonyl (C=O) groups excluding carboxylic acids is 2. The predicted octanol–water partition coefficient (Wildman–Crippen LogP) is 1.11. The zero-order valence-electron chi connectivity index (χ0n) is 15.4. The van der Waals surface area contributed by atoms with E-state index in [1.165, 1.54) is 0 Å². The topological polar surface area (TPSA) is 80.5 Å². The number of pyridine rings is 1. The van der Waals surface area contributed by atoms with Gasteiger partial charge in [0, 0.05) is 51.9 Å². The van der Waals surface area contributed by atoms with Crippen LogP contribution < -0.4 is 4.90 Å². The molecule has 7 heteroatoms.